The summed E-state index contributed by atoms with van der Waals surface area (Å²) in [7, 11) is 1.41. The number of halogens is 1. The Hall–Kier alpha value is -1.10. The van der Waals surface area contributed by atoms with E-state index in [4.69, 9.17) is 0 Å². The molecule has 2 rings (SSSR count). The molecule has 0 unspecified atom stereocenters. The van der Waals surface area contributed by atoms with Crippen molar-refractivity contribution >= 4 is 39.3 Å². The molecule has 3 heteroatoms. The lowest BCUT2D eigenvalue weighted by atomic mass is 10.1. The summed E-state index contributed by atoms with van der Waals surface area (Å²) in [4.78, 5) is 11.2. The molecule has 0 fully saturated rings. The van der Waals surface area contributed by atoms with Gasteiger partial charge in [0, 0.05) is 3.57 Å². The normalized spacial score (nSPS) is 10.4. The first-order chi connectivity index (χ1) is 7.70. The van der Waals surface area contributed by atoms with Crippen LogP contribution in [0.4, 0.5) is 0 Å². The van der Waals surface area contributed by atoms with Gasteiger partial charge in [-0.3, -0.25) is 4.79 Å². The van der Waals surface area contributed by atoms with Crippen LogP contribution in [-0.4, -0.2) is 13.1 Å². The zero-order valence-electron chi connectivity index (χ0n) is 8.87. The van der Waals surface area contributed by atoms with Crippen LogP contribution in [0.15, 0.2) is 36.4 Å². The second-order valence-electron chi connectivity index (χ2n) is 3.54. The molecule has 2 nitrogen and oxygen atoms in total. The van der Waals surface area contributed by atoms with Gasteiger partial charge in [0.2, 0.25) is 0 Å². The number of methoxy groups -OCH3 is 1. The van der Waals surface area contributed by atoms with E-state index in [0.717, 1.165) is 14.5 Å². The third kappa shape index (κ3) is 2.35. The van der Waals surface area contributed by atoms with E-state index in [1.807, 2.05) is 24.3 Å². The van der Waals surface area contributed by atoms with E-state index >= 15 is 0 Å². The lowest BCUT2D eigenvalue weighted by molar-refractivity contribution is -0.139. The number of hydrogen-bond acceptors (Lipinski definition) is 2. The van der Waals surface area contributed by atoms with Crippen LogP contribution < -0.4 is 0 Å². The first kappa shape index (κ1) is 11.4. The van der Waals surface area contributed by atoms with Crippen molar-refractivity contribution in [2.75, 3.05) is 7.11 Å². The van der Waals surface area contributed by atoms with E-state index in [0.29, 0.717) is 6.42 Å². The molecule has 2 aromatic carbocycles. The molecule has 0 amide bonds. The van der Waals surface area contributed by atoms with Crippen molar-refractivity contribution < 1.29 is 9.53 Å². The van der Waals surface area contributed by atoms with Gasteiger partial charge in [-0.2, -0.15) is 0 Å². The van der Waals surface area contributed by atoms with Gasteiger partial charge in [0.1, 0.15) is 0 Å². The van der Waals surface area contributed by atoms with Crippen molar-refractivity contribution in [3.05, 3.63) is 45.5 Å². The van der Waals surface area contributed by atoms with E-state index in [1.165, 1.54) is 12.5 Å². The summed E-state index contributed by atoms with van der Waals surface area (Å²) in [6.45, 7) is 0. The predicted molar refractivity (Wildman–Crippen MR) is 72.4 cm³/mol. The molecule has 0 heterocycles. The van der Waals surface area contributed by atoms with Gasteiger partial charge in [-0.25, -0.2) is 0 Å². The molecule has 82 valence electrons. The number of hydrogen-bond donors (Lipinski definition) is 0. The summed E-state index contributed by atoms with van der Waals surface area (Å²) in [6.07, 6.45) is 0.333. The standard InChI is InChI=1S/C13H11IO2/c1-16-13(15)8-11-6-9-4-2-3-5-10(9)7-12(11)14/h2-7H,8H2,1H3. The summed E-state index contributed by atoms with van der Waals surface area (Å²) < 4.78 is 5.78. The van der Waals surface area contributed by atoms with Gasteiger partial charge >= 0.3 is 5.97 Å². The second-order valence-corrected chi connectivity index (χ2v) is 4.71. The fourth-order valence-electron chi connectivity index (χ4n) is 1.62. The van der Waals surface area contributed by atoms with E-state index in [-0.39, 0.29) is 5.97 Å². The van der Waals surface area contributed by atoms with Crippen molar-refractivity contribution in [3.8, 4) is 0 Å². The predicted octanol–water partition coefficient (Wildman–Crippen LogP) is 3.16. The van der Waals surface area contributed by atoms with Crippen molar-refractivity contribution in [1.82, 2.24) is 0 Å². The van der Waals surface area contributed by atoms with Crippen LogP contribution in [0.2, 0.25) is 0 Å². The highest BCUT2D eigenvalue weighted by atomic mass is 127. The fourth-order valence-corrected chi connectivity index (χ4v) is 2.30. The van der Waals surface area contributed by atoms with Crippen molar-refractivity contribution in [2.45, 2.75) is 6.42 Å². The Bertz CT molecular complexity index is 534. The highest BCUT2D eigenvalue weighted by molar-refractivity contribution is 14.1. The Morgan fingerprint density at radius 1 is 1.25 bits per heavy atom. The average molecular weight is 326 g/mol. The maximum Gasteiger partial charge on any atom is 0.310 e. The van der Waals surface area contributed by atoms with Crippen LogP contribution >= 0.6 is 22.6 Å². The lowest BCUT2D eigenvalue weighted by Gasteiger charge is -2.06. The first-order valence-electron chi connectivity index (χ1n) is 4.94. The van der Waals surface area contributed by atoms with Crippen LogP contribution in [0, 0.1) is 3.57 Å². The zero-order chi connectivity index (χ0) is 11.5. The highest BCUT2D eigenvalue weighted by Crippen LogP contribution is 2.22. The minimum Gasteiger partial charge on any atom is -0.469 e. The van der Waals surface area contributed by atoms with E-state index in [1.54, 1.807) is 0 Å². The second kappa shape index (κ2) is 4.82. The maximum absolute atomic E-state index is 11.2. The van der Waals surface area contributed by atoms with Gasteiger partial charge in [0.05, 0.1) is 13.5 Å². The Morgan fingerprint density at radius 2 is 1.88 bits per heavy atom. The molecule has 0 saturated carbocycles. The molecule has 0 aromatic heterocycles. The average Bonchev–Trinajstić information content (AvgIpc) is 2.30. The molecule has 0 atom stereocenters. The SMILES string of the molecule is COC(=O)Cc1cc2ccccc2cc1I. The lowest BCUT2D eigenvalue weighted by Crippen LogP contribution is -2.05. The number of carbonyl (C=O) groups is 1. The number of esters is 1. The number of ether oxygens (including phenoxy) is 1. The van der Waals surface area contributed by atoms with Crippen LogP contribution in [0.5, 0.6) is 0 Å². The van der Waals surface area contributed by atoms with Crippen LogP contribution in [0.1, 0.15) is 5.56 Å². The molecule has 0 bridgehead atoms. The van der Waals surface area contributed by atoms with Gasteiger partial charge < -0.3 is 4.74 Å². The van der Waals surface area contributed by atoms with Crippen LogP contribution in [0.25, 0.3) is 10.8 Å². The molecule has 0 N–H and O–H groups in total. The molecular formula is C13H11IO2. The molecule has 0 saturated heterocycles. The zero-order valence-corrected chi connectivity index (χ0v) is 11.0. The molecule has 16 heavy (non-hydrogen) atoms. The van der Waals surface area contributed by atoms with Gasteiger partial charge in [0.25, 0.3) is 0 Å². The van der Waals surface area contributed by atoms with Gasteiger partial charge in [-0.15, -0.1) is 0 Å². The van der Waals surface area contributed by atoms with Crippen LogP contribution in [0.3, 0.4) is 0 Å². The Balaban J connectivity index is 2.46. The first-order valence-corrected chi connectivity index (χ1v) is 6.02. The third-order valence-corrected chi connectivity index (χ3v) is 3.48. The van der Waals surface area contributed by atoms with E-state index in [2.05, 4.69) is 39.5 Å². The molecule has 0 radical (unpaired) electrons. The Kier molecular flexibility index (Phi) is 3.43. The molecular weight excluding hydrogens is 315 g/mol. The topological polar surface area (TPSA) is 26.3 Å². The summed E-state index contributed by atoms with van der Waals surface area (Å²) >= 11 is 2.25. The fraction of sp³-hybridized carbons (Fsp3) is 0.154. The van der Waals surface area contributed by atoms with Crippen molar-refractivity contribution in [2.24, 2.45) is 0 Å². The third-order valence-electron chi connectivity index (χ3n) is 2.48. The smallest absolute Gasteiger partial charge is 0.310 e. The van der Waals surface area contributed by atoms with Gasteiger partial charge in [-0.05, 0) is 51.1 Å². The summed E-state index contributed by atoms with van der Waals surface area (Å²) in [5.41, 5.74) is 1.02. The summed E-state index contributed by atoms with van der Waals surface area (Å²) in [5.74, 6) is -0.201. The van der Waals surface area contributed by atoms with Gasteiger partial charge in [0.15, 0.2) is 0 Å². The van der Waals surface area contributed by atoms with E-state index < -0.39 is 0 Å². The van der Waals surface area contributed by atoms with E-state index in [9.17, 15) is 4.79 Å². The van der Waals surface area contributed by atoms with Crippen LogP contribution in [-0.2, 0) is 16.0 Å². The quantitative estimate of drug-likeness (QED) is 0.626. The number of fused-ring (bicyclic) bond motifs is 1. The minimum atomic E-state index is -0.201. The minimum absolute atomic E-state index is 0.201. The maximum atomic E-state index is 11.2. The van der Waals surface area contributed by atoms with Crippen molar-refractivity contribution in [3.63, 3.8) is 0 Å². The molecule has 0 aliphatic carbocycles. The Morgan fingerprint density at radius 3 is 2.50 bits per heavy atom. The molecule has 2 aromatic rings. The molecule has 0 aliphatic rings. The number of benzene rings is 2. The summed E-state index contributed by atoms with van der Waals surface area (Å²) in [5, 5.41) is 2.35. The van der Waals surface area contributed by atoms with Crippen molar-refractivity contribution in [1.29, 1.82) is 0 Å². The number of rotatable bonds is 2. The largest absolute Gasteiger partial charge is 0.469 e. The molecule has 0 aliphatic heterocycles. The van der Waals surface area contributed by atoms with Gasteiger partial charge in [-0.1, -0.05) is 24.3 Å². The Labute approximate surface area is 108 Å². The number of carbonyl (C=O) groups excluding carboxylic acids is 1. The monoisotopic (exact) mass is 326 g/mol. The summed E-state index contributed by atoms with van der Waals surface area (Å²) in [6, 6.07) is 12.3. The highest BCUT2D eigenvalue weighted by Gasteiger charge is 2.07. The molecule has 0 spiro atoms.